The first-order valence-electron chi connectivity index (χ1n) is 4.78. The van der Waals surface area contributed by atoms with Gasteiger partial charge in [0, 0.05) is 5.56 Å². The number of oxazole rings is 1. The molecule has 80 valence electrons. The fraction of sp³-hybridized carbons (Fsp3) is 0. The molecule has 0 radical (unpaired) electrons. The van der Waals surface area contributed by atoms with Crippen molar-refractivity contribution in [1.29, 1.82) is 0 Å². The number of aromatic nitrogens is 1. The SMILES string of the molecule is C=C/C=c1/nc(-c2ccc(O)cc2)oc1=C. The molecule has 0 spiro atoms. The Morgan fingerprint density at radius 2 is 1.94 bits per heavy atom. The Morgan fingerprint density at radius 1 is 1.25 bits per heavy atom. The van der Waals surface area contributed by atoms with E-state index in [9.17, 15) is 0 Å². The average molecular weight is 213 g/mol. The van der Waals surface area contributed by atoms with Crippen molar-refractivity contribution in [2.45, 2.75) is 0 Å². The first-order valence-corrected chi connectivity index (χ1v) is 4.78. The zero-order valence-electron chi connectivity index (χ0n) is 8.68. The molecule has 0 amide bonds. The molecule has 0 aliphatic heterocycles. The van der Waals surface area contributed by atoms with E-state index in [1.54, 1.807) is 36.4 Å². The minimum absolute atomic E-state index is 0.211. The third-order valence-corrected chi connectivity index (χ3v) is 2.12. The van der Waals surface area contributed by atoms with Crippen molar-refractivity contribution in [3.8, 4) is 17.2 Å². The highest BCUT2D eigenvalue weighted by atomic mass is 16.3. The second-order valence-electron chi connectivity index (χ2n) is 3.28. The predicted molar refractivity (Wildman–Crippen MR) is 63.0 cm³/mol. The molecule has 16 heavy (non-hydrogen) atoms. The van der Waals surface area contributed by atoms with Gasteiger partial charge < -0.3 is 9.52 Å². The summed E-state index contributed by atoms with van der Waals surface area (Å²) in [5.74, 6) is 0.695. The number of hydrogen-bond acceptors (Lipinski definition) is 3. The normalized spacial score (nSPS) is 11.6. The summed E-state index contributed by atoms with van der Waals surface area (Å²) in [6.07, 6.45) is 3.36. The molecule has 0 atom stereocenters. The second-order valence-corrected chi connectivity index (χ2v) is 3.28. The van der Waals surface area contributed by atoms with E-state index in [-0.39, 0.29) is 5.75 Å². The van der Waals surface area contributed by atoms with Crippen molar-refractivity contribution in [3.63, 3.8) is 0 Å². The van der Waals surface area contributed by atoms with Crippen LogP contribution in [0.25, 0.3) is 24.1 Å². The first kappa shape index (κ1) is 10.2. The maximum absolute atomic E-state index is 9.16. The quantitative estimate of drug-likeness (QED) is 0.820. The van der Waals surface area contributed by atoms with Gasteiger partial charge in [0.15, 0.2) is 0 Å². The number of phenols is 1. The summed E-state index contributed by atoms with van der Waals surface area (Å²) in [4.78, 5) is 4.26. The maximum Gasteiger partial charge on any atom is 0.227 e. The standard InChI is InChI=1S/C13H11NO2/c1-3-4-12-9(2)16-13(14-12)10-5-7-11(15)8-6-10/h3-8,15H,1-2H2/b12-4+. The van der Waals surface area contributed by atoms with Crippen LogP contribution in [0.15, 0.2) is 41.3 Å². The van der Waals surface area contributed by atoms with Crippen molar-refractivity contribution >= 4 is 12.7 Å². The number of hydrogen-bond donors (Lipinski definition) is 1. The van der Waals surface area contributed by atoms with Crippen molar-refractivity contribution < 1.29 is 9.52 Å². The Labute approximate surface area is 92.7 Å². The fourth-order valence-electron chi connectivity index (χ4n) is 1.33. The molecule has 0 unspecified atom stereocenters. The molecule has 2 rings (SSSR count). The van der Waals surface area contributed by atoms with E-state index in [1.165, 1.54) is 0 Å². The van der Waals surface area contributed by atoms with Gasteiger partial charge in [-0.15, -0.1) is 0 Å². The minimum Gasteiger partial charge on any atom is -0.508 e. The van der Waals surface area contributed by atoms with Gasteiger partial charge in [0.1, 0.15) is 16.5 Å². The minimum atomic E-state index is 0.211. The van der Waals surface area contributed by atoms with Crippen LogP contribution in [0.4, 0.5) is 0 Å². The Bertz CT molecular complexity index is 608. The van der Waals surface area contributed by atoms with Gasteiger partial charge in [0.25, 0.3) is 0 Å². The van der Waals surface area contributed by atoms with E-state index in [0.717, 1.165) is 5.56 Å². The number of benzene rings is 1. The molecule has 1 aromatic carbocycles. The molecule has 1 heterocycles. The molecule has 1 N–H and O–H groups in total. The van der Waals surface area contributed by atoms with Crippen molar-refractivity contribution in [2.75, 3.05) is 0 Å². The number of phenolic OH excluding ortho intramolecular Hbond substituents is 1. The molecule has 3 heteroatoms. The van der Waals surface area contributed by atoms with Crippen LogP contribution >= 0.6 is 0 Å². The van der Waals surface area contributed by atoms with Gasteiger partial charge in [0.2, 0.25) is 5.89 Å². The third kappa shape index (κ3) is 1.88. The molecular weight excluding hydrogens is 202 g/mol. The molecule has 1 aromatic heterocycles. The highest BCUT2D eigenvalue weighted by Crippen LogP contribution is 2.17. The number of allylic oxidation sites excluding steroid dienone is 1. The molecular formula is C13H11NO2. The van der Waals surface area contributed by atoms with Gasteiger partial charge in [-0.25, -0.2) is 4.98 Å². The summed E-state index contributed by atoms with van der Waals surface area (Å²) >= 11 is 0. The third-order valence-electron chi connectivity index (χ3n) is 2.12. The van der Waals surface area contributed by atoms with Crippen LogP contribution in [0.5, 0.6) is 5.75 Å². The van der Waals surface area contributed by atoms with Crippen LogP contribution in [0, 0.1) is 0 Å². The summed E-state index contributed by atoms with van der Waals surface area (Å²) in [7, 11) is 0. The van der Waals surface area contributed by atoms with Crippen LogP contribution in [-0.4, -0.2) is 10.1 Å². The Morgan fingerprint density at radius 3 is 2.56 bits per heavy atom. The van der Waals surface area contributed by atoms with E-state index in [4.69, 9.17) is 9.52 Å². The van der Waals surface area contributed by atoms with E-state index in [0.29, 0.717) is 16.7 Å². The van der Waals surface area contributed by atoms with Crippen LogP contribution in [0.3, 0.4) is 0 Å². The number of nitrogens with zero attached hydrogens (tertiary/aromatic N) is 1. The van der Waals surface area contributed by atoms with E-state index >= 15 is 0 Å². The molecule has 0 bridgehead atoms. The summed E-state index contributed by atoms with van der Waals surface area (Å²) in [5, 5.41) is 9.83. The van der Waals surface area contributed by atoms with Gasteiger partial charge in [-0.3, -0.25) is 0 Å². The lowest BCUT2D eigenvalue weighted by atomic mass is 10.2. The summed E-state index contributed by atoms with van der Waals surface area (Å²) in [5.41, 5.74) is 1.30. The van der Waals surface area contributed by atoms with Crippen molar-refractivity contribution in [1.82, 2.24) is 4.98 Å². The first-order chi connectivity index (χ1) is 7.70. The number of aromatic hydroxyl groups is 1. The van der Waals surface area contributed by atoms with Crippen molar-refractivity contribution in [3.05, 3.63) is 47.7 Å². The van der Waals surface area contributed by atoms with Crippen LogP contribution in [0.2, 0.25) is 0 Å². The van der Waals surface area contributed by atoms with Crippen LogP contribution < -0.4 is 10.8 Å². The van der Waals surface area contributed by atoms with Gasteiger partial charge >= 0.3 is 0 Å². The smallest absolute Gasteiger partial charge is 0.227 e. The van der Waals surface area contributed by atoms with Crippen molar-refractivity contribution in [2.24, 2.45) is 0 Å². The lowest BCUT2D eigenvalue weighted by Crippen LogP contribution is -2.19. The summed E-state index contributed by atoms with van der Waals surface area (Å²) in [6, 6.07) is 6.63. The lowest BCUT2D eigenvalue weighted by Gasteiger charge is -1.94. The topological polar surface area (TPSA) is 46.3 Å². The molecule has 0 aliphatic rings. The van der Waals surface area contributed by atoms with Gasteiger partial charge in [0.05, 0.1) is 0 Å². The maximum atomic E-state index is 9.16. The highest BCUT2D eigenvalue weighted by Gasteiger charge is 2.03. The fourth-order valence-corrected chi connectivity index (χ4v) is 1.33. The molecule has 0 saturated heterocycles. The molecule has 0 saturated carbocycles. The van der Waals surface area contributed by atoms with E-state index in [1.807, 2.05) is 0 Å². The Hall–Kier alpha value is -2.29. The lowest BCUT2D eigenvalue weighted by molar-refractivity contribution is 0.475. The van der Waals surface area contributed by atoms with Gasteiger partial charge in [-0.05, 0) is 30.3 Å². The predicted octanol–water partition coefficient (Wildman–Crippen LogP) is 1.42. The zero-order valence-corrected chi connectivity index (χ0v) is 8.68. The average Bonchev–Trinajstić information content (AvgIpc) is 2.62. The Kier molecular flexibility index (Phi) is 2.60. The summed E-state index contributed by atoms with van der Waals surface area (Å²) < 4.78 is 5.41. The highest BCUT2D eigenvalue weighted by molar-refractivity contribution is 5.54. The van der Waals surface area contributed by atoms with E-state index in [2.05, 4.69) is 18.1 Å². The molecule has 3 nitrogen and oxygen atoms in total. The van der Waals surface area contributed by atoms with Gasteiger partial charge in [-0.1, -0.05) is 19.2 Å². The van der Waals surface area contributed by atoms with E-state index < -0.39 is 0 Å². The number of rotatable bonds is 2. The van der Waals surface area contributed by atoms with Crippen LogP contribution in [0.1, 0.15) is 0 Å². The monoisotopic (exact) mass is 213 g/mol. The largest absolute Gasteiger partial charge is 0.508 e. The zero-order chi connectivity index (χ0) is 11.5. The molecule has 2 aromatic rings. The second kappa shape index (κ2) is 4.06. The Balaban J connectivity index is 2.53. The van der Waals surface area contributed by atoms with Gasteiger partial charge in [-0.2, -0.15) is 0 Å². The molecule has 0 aliphatic carbocycles. The molecule has 0 fully saturated rings. The summed E-state index contributed by atoms with van der Waals surface area (Å²) in [6.45, 7) is 7.34. The van der Waals surface area contributed by atoms with Crippen LogP contribution in [-0.2, 0) is 0 Å².